The Morgan fingerprint density at radius 1 is 0.947 bits per heavy atom. The number of carbonyl (C=O) groups excluding carboxylic acids is 2. The molecular weight excluding hydrogens is 488 g/mol. The van der Waals surface area contributed by atoms with E-state index in [0.29, 0.717) is 61.2 Å². The van der Waals surface area contributed by atoms with Crippen molar-refractivity contribution in [2.24, 2.45) is 0 Å². The standard InChI is InChI=1S/C28H26N4O6/c33-26(29-16-19-6-8-21-24(15-19)38-18-37-21)17-36-22-4-1-3-20-7-9-25(30-27(20)22)31-10-12-32(13-11-31)28(34)23-5-2-14-35-23/h1-9,14-15H,10-13,16-18H2,(H,29,33). The second kappa shape index (κ2) is 10.3. The number of hydrogen-bond donors (Lipinski definition) is 1. The quantitative estimate of drug-likeness (QED) is 0.401. The number of fused-ring (bicyclic) bond motifs is 2. The van der Waals surface area contributed by atoms with Crippen LogP contribution >= 0.6 is 0 Å². The van der Waals surface area contributed by atoms with Crippen LogP contribution < -0.4 is 24.4 Å². The molecule has 1 saturated heterocycles. The van der Waals surface area contributed by atoms with Gasteiger partial charge in [-0.2, -0.15) is 0 Å². The van der Waals surface area contributed by atoms with E-state index in [0.717, 1.165) is 16.8 Å². The second-order valence-corrected chi connectivity index (χ2v) is 9.01. The van der Waals surface area contributed by atoms with E-state index in [4.69, 9.17) is 23.6 Å². The fraction of sp³-hybridized carbons (Fsp3) is 0.250. The van der Waals surface area contributed by atoms with E-state index in [1.807, 2.05) is 48.5 Å². The number of piperazine rings is 1. The van der Waals surface area contributed by atoms with Gasteiger partial charge in [0.15, 0.2) is 23.9 Å². The third-order valence-corrected chi connectivity index (χ3v) is 6.58. The van der Waals surface area contributed by atoms with Crippen LogP contribution in [0.2, 0.25) is 0 Å². The summed E-state index contributed by atoms with van der Waals surface area (Å²) in [4.78, 5) is 33.8. The number of amides is 2. The normalized spacial score (nSPS) is 14.5. The second-order valence-electron chi connectivity index (χ2n) is 9.01. The number of furan rings is 1. The van der Waals surface area contributed by atoms with Crippen molar-refractivity contribution in [3.8, 4) is 17.2 Å². The molecule has 1 N–H and O–H groups in total. The van der Waals surface area contributed by atoms with Gasteiger partial charge in [0.25, 0.3) is 11.8 Å². The number of nitrogens with one attached hydrogen (secondary N) is 1. The molecule has 2 amide bonds. The summed E-state index contributed by atoms with van der Waals surface area (Å²) in [6.45, 7) is 2.87. The van der Waals surface area contributed by atoms with Crippen LogP contribution in [0.4, 0.5) is 5.82 Å². The first-order valence-corrected chi connectivity index (χ1v) is 12.4. The fourth-order valence-corrected chi connectivity index (χ4v) is 4.54. The molecule has 2 aliphatic heterocycles. The lowest BCUT2D eigenvalue weighted by atomic mass is 10.2. The SMILES string of the molecule is O=C(COc1cccc2ccc(N3CCN(C(=O)c4ccco4)CC3)nc12)NCc1ccc2c(c1)OCO2. The Balaban J connectivity index is 1.07. The Kier molecular flexibility index (Phi) is 6.43. The zero-order chi connectivity index (χ0) is 25.9. The lowest BCUT2D eigenvalue weighted by molar-refractivity contribution is -0.123. The van der Waals surface area contributed by atoms with Crippen molar-refractivity contribution in [1.29, 1.82) is 0 Å². The Hall–Kier alpha value is -4.73. The number of benzene rings is 2. The average molecular weight is 515 g/mol. The summed E-state index contributed by atoms with van der Waals surface area (Å²) in [7, 11) is 0. The third-order valence-electron chi connectivity index (χ3n) is 6.58. The highest BCUT2D eigenvalue weighted by molar-refractivity contribution is 5.91. The van der Waals surface area contributed by atoms with Crippen LogP contribution in [-0.4, -0.2) is 61.3 Å². The number of aromatic nitrogens is 1. The molecule has 0 atom stereocenters. The molecule has 2 aromatic carbocycles. The number of carbonyl (C=O) groups is 2. The van der Waals surface area contributed by atoms with Gasteiger partial charge in [-0.05, 0) is 48.0 Å². The van der Waals surface area contributed by atoms with E-state index in [1.165, 1.54) is 6.26 Å². The Morgan fingerprint density at radius 3 is 2.66 bits per heavy atom. The van der Waals surface area contributed by atoms with Crippen LogP contribution in [0.15, 0.2) is 71.3 Å². The lowest BCUT2D eigenvalue weighted by Crippen LogP contribution is -2.49. The van der Waals surface area contributed by atoms with Gasteiger partial charge < -0.3 is 33.7 Å². The summed E-state index contributed by atoms with van der Waals surface area (Å²) in [5.74, 6) is 2.72. The lowest BCUT2D eigenvalue weighted by Gasteiger charge is -2.35. The maximum Gasteiger partial charge on any atom is 0.289 e. The summed E-state index contributed by atoms with van der Waals surface area (Å²) < 4.78 is 21.8. The highest BCUT2D eigenvalue weighted by atomic mass is 16.7. The van der Waals surface area contributed by atoms with Crippen LogP contribution in [0.25, 0.3) is 10.9 Å². The molecule has 1 fully saturated rings. The Bertz CT molecular complexity index is 1460. The molecule has 38 heavy (non-hydrogen) atoms. The molecule has 0 bridgehead atoms. The minimum Gasteiger partial charge on any atom is -0.481 e. The van der Waals surface area contributed by atoms with Gasteiger partial charge in [0.1, 0.15) is 17.1 Å². The van der Waals surface area contributed by atoms with E-state index in [2.05, 4.69) is 10.2 Å². The summed E-state index contributed by atoms with van der Waals surface area (Å²) >= 11 is 0. The molecule has 4 aromatic rings. The van der Waals surface area contributed by atoms with E-state index in [9.17, 15) is 9.59 Å². The van der Waals surface area contributed by atoms with Crippen molar-refractivity contribution < 1.29 is 28.2 Å². The van der Waals surface area contributed by atoms with Gasteiger partial charge in [-0.3, -0.25) is 9.59 Å². The molecule has 0 saturated carbocycles. The number of para-hydroxylation sites is 1. The van der Waals surface area contributed by atoms with Crippen LogP contribution in [0.3, 0.4) is 0 Å². The molecule has 0 unspecified atom stereocenters. The van der Waals surface area contributed by atoms with Gasteiger partial charge in [-0.1, -0.05) is 18.2 Å². The van der Waals surface area contributed by atoms with Crippen LogP contribution in [0.1, 0.15) is 16.1 Å². The van der Waals surface area contributed by atoms with Crippen LogP contribution in [-0.2, 0) is 11.3 Å². The van der Waals surface area contributed by atoms with Crippen LogP contribution in [0, 0.1) is 0 Å². The largest absolute Gasteiger partial charge is 0.481 e. The number of rotatable bonds is 7. The Labute approximate surface area is 218 Å². The monoisotopic (exact) mass is 514 g/mol. The zero-order valence-electron chi connectivity index (χ0n) is 20.6. The van der Waals surface area contributed by atoms with Crippen molar-refractivity contribution in [3.05, 3.63) is 78.3 Å². The zero-order valence-corrected chi connectivity index (χ0v) is 20.6. The molecule has 0 aliphatic carbocycles. The molecule has 194 valence electrons. The number of nitrogens with zero attached hydrogens (tertiary/aromatic N) is 3. The van der Waals surface area contributed by atoms with E-state index in [1.54, 1.807) is 17.0 Å². The van der Waals surface area contributed by atoms with Crippen LogP contribution in [0.5, 0.6) is 17.2 Å². The van der Waals surface area contributed by atoms with Crippen molar-refractivity contribution in [3.63, 3.8) is 0 Å². The van der Waals surface area contributed by atoms with Gasteiger partial charge in [0.2, 0.25) is 6.79 Å². The first-order chi connectivity index (χ1) is 18.6. The number of hydrogen-bond acceptors (Lipinski definition) is 8. The van der Waals surface area contributed by atoms with Crippen molar-refractivity contribution >= 4 is 28.5 Å². The molecule has 2 aliphatic rings. The first kappa shape index (κ1) is 23.7. The molecule has 10 nitrogen and oxygen atoms in total. The summed E-state index contributed by atoms with van der Waals surface area (Å²) in [6, 6.07) is 18.6. The summed E-state index contributed by atoms with van der Waals surface area (Å²) in [5, 5.41) is 3.78. The average Bonchev–Trinajstić information content (AvgIpc) is 3.67. The number of pyridine rings is 1. The first-order valence-electron chi connectivity index (χ1n) is 12.4. The van der Waals surface area contributed by atoms with E-state index < -0.39 is 0 Å². The van der Waals surface area contributed by atoms with Gasteiger partial charge in [0, 0.05) is 38.1 Å². The molecule has 0 spiro atoms. The molecule has 0 radical (unpaired) electrons. The van der Waals surface area contributed by atoms with Gasteiger partial charge in [-0.25, -0.2) is 4.98 Å². The predicted molar refractivity (Wildman–Crippen MR) is 138 cm³/mol. The highest BCUT2D eigenvalue weighted by Gasteiger charge is 2.24. The summed E-state index contributed by atoms with van der Waals surface area (Å²) in [6.07, 6.45) is 1.51. The molecule has 2 aromatic heterocycles. The van der Waals surface area contributed by atoms with Gasteiger partial charge in [0.05, 0.1) is 6.26 Å². The third kappa shape index (κ3) is 4.93. The number of anilines is 1. The van der Waals surface area contributed by atoms with Crippen molar-refractivity contribution in [2.75, 3.05) is 44.5 Å². The maximum atomic E-state index is 12.6. The van der Waals surface area contributed by atoms with Gasteiger partial charge >= 0.3 is 0 Å². The molecule has 6 rings (SSSR count). The summed E-state index contributed by atoms with van der Waals surface area (Å²) in [5.41, 5.74) is 1.59. The van der Waals surface area contributed by atoms with E-state index >= 15 is 0 Å². The smallest absolute Gasteiger partial charge is 0.289 e. The number of ether oxygens (including phenoxy) is 3. The highest BCUT2D eigenvalue weighted by Crippen LogP contribution is 2.32. The minimum absolute atomic E-state index is 0.103. The minimum atomic E-state index is -0.242. The molecule has 10 heteroatoms. The molecule has 4 heterocycles. The van der Waals surface area contributed by atoms with E-state index in [-0.39, 0.29) is 25.2 Å². The Morgan fingerprint density at radius 2 is 1.82 bits per heavy atom. The van der Waals surface area contributed by atoms with Crippen molar-refractivity contribution in [2.45, 2.75) is 6.54 Å². The van der Waals surface area contributed by atoms with Gasteiger partial charge in [-0.15, -0.1) is 0 Å². The fourth-order valence-electron chi connectivity index (χ4n) is 4.54. The topological polar surface area (TPSA) is 106 Å². The molecular formula is C28H26N4O6. The maximum absolute atomic E-state index is 12.6. The predicted octanol–water partition coefficient (Wildman–Crippen LogP) is 3.21. The van der Waals surface area contributed by atoms with Crippen molar-refractivity contribution in [1.82, 2.24) is 15.2 Å².